The van der Waals surface area contributed by atoms with Crippen LogP contribution in [0, 0.1) is 11.8 Å². The summed E-state index contributed by atoms with van der Waals surface area (Å²) in [5.74, 6) is -2.80. The molecule has 1 N–H and O–H groups in total. The number of rotatable bonds is 2. The predicted molar refractivity (Wildman–Crippen MR) is 34.5 cm³/mol. The second-order valence-corrected chi connectivity index (χ2v) is 2.87. The Bertz CT molecular complexity index is 159. The fourth-order valence-electron chi connectivity index (χ4n) is 1.60. The van der Waals surface area contributed by atoms with Crippen LogP contribution in [0.4, 0.5) is 8.78 Å². The lowest BCUT2D eigenvalue weighted by molar-refractivity contribution is -0.145. The molecule has 0 aromatic carbocycles. The lowest BCUT2D eigenvalue weighted by Crippen LogP contribution is -2.23. The summed E-state index contributed by atoms with van der Waals surface area (Å²) in [6.45, 7) is 0. The van der Waals surface area contributed by atoms with Crippen LogP contribution in [0.1, 0.15) is 19.3 Å². The monoisotopic (exact) mass is 164 g/mol. The summed E-state index contributed by atoms with van der Waals surface area (Å²) in [5, 5.41) is 8.50. The van der Waals surface area contributed by atoms with Crippen LogP contribution in [0.15, 0.2) is 0 Å². The third-order valence-corrected chi connectivity index (χ3v) is 2.21. The molecule has 1 rings (SSSR count). The van der Waals surface area contributed by atoms with Crippen LogP contribution < -0.4 is 0 Å². The van der Waals surface area contributed by atoms with Gasteiger partial charge in [-0.15, -0.1) is 0 Å². The van der Waals surface area contributed by atoms with Gasteiger partial charge in [-0.3, -0.25) is 4.79 Å². The predicted octanol–water partition coefficient (Wildman–Crippen LogP) is 1.75. The standard InChI is InChI=1S/C7H10F2O2/c8-6(9)4-2-1-3-5(4)7(10)11/h4-6H,1-3H2,(H,10,11)/t4-,5-/m1/s1. The average molecular weight is 164 g/mol. The molecule has 0 aromatic heterocycles. The van der Waals surface area contributed by atoms with Crippen LogP contribution in [-0.4, -0.2) is 17.5 Å². The maximum absolute atomic E-state index is 12.1. The largest absolute Gasteiger partial charge is 0.481 e. The van der Waals surface area contributed by atoms with Crippen molar-refractivity contribution in [3.8, 4) is 0 Å². The zero-order chi connectivity index (χ0) is 8.43. The normalized spacial score (nSPS) is 31.2. The van der Waals surface area contributed by atoms with Crippen molar-refractivity contribution in [1.29, 1.82) is 0 Å². The summed E-state index contributed by atoms with van der Waals surface area (Å²) in [6.07, 6.45) is -1.09. The van der Waals surface area contributed by atoms with Crippen LogP contribution >= 0.6 is 0 Å². The maximum atomic E-state index is 12.1. The summed E-state index contributed by atoms with van der Waals surface area (Å²) < 4.78 is 24.2. The van der Waals surface area contributed by atoms with Crippen LogP contribution in [-0.2, 0) is 4.79 Å². The molecule has 2 atom stereocenters. The van der Waals surface area contributed by atoms with Crippen molar-refractivity contribution in [1.82, 2.24) is 0 Å². The van der Waals surface area contributed by atoms with E-state index >= 15 is 0 Å². The highest BCUT2D eigenvalue weighted by atomic mass is 19.3. The van der Waals surface area contributed by atoms with Crippen molar-refractivity contribution in [2.75, 3.05) is 0 Å². The number of aliphatic carboxylic acids is 1. The minimum absolute atomic E-state index is 0.356. The van der Waals surface area contributed by atoms with Gasteiger partial charge in [0.2, 0.25) is 6.43 Å². The highest BCUT2D eigenvalue weighted by Gasteiger charge is 2.38. The molecular formula is C7H10F2O2. The maximum Gasteiger partial charge on any atom is 0.306 e. The van der Waals surface area contributed by atoms with Gasteiger partial charge in [0.25, 0.3) is 0 Å². The fourth-order valence-corrected chi connectivity index (χ4v) is 1.60. The molecule has 64 valence electrons. The molecular weight excluding hydrogens is 154 g/mol. The Morgan fingerprint density at radius 3 is 2.45 bits per heavy atom. The average Bonchev–Trinajstić information content (AvgIpc) is 2.32. The van der Waals surface area contributed by atoms with Crippen molar-refractivity contribution in [3.63, 3.8) is 0 Å². The number of hydrogen-bond donors (Lipinski definition) is 1. The summed E-state index contributed by atoms with van der Waals surface area (Å²) in [5.41, 5.74) is 0. The number of alkyl halides is 2. The van der Waals surface area contributed by atoms with Gasteiger partial charge < -0.3 is 5.11 Å². The molecule has 4 heteroatoms. The van der Waals surface area contributed by atoms with E-state index in [9.17, 15) is 13.6 Å². The molecule has 0 spiro atoms. The van der Waals surface area contributed by atoms with Crippen LogP contribution in [0.2, 0.25) is 0 Å². The van der Waals surface area contributed by atoms with E-state index < -0.39 is 24.2 Å². The molecule has 0 amide bonds. The molecule has 0 radical (unpaired) electrons. The molecule has 0 aromatic rings. The van der Waals surface area contributed by atoms with Crippen LogP contribution in [0.5, 0.6) is 0 Å². The van der Waals surface area contributed by atoms with Gasteiger partial charge in [-0.25, -0.2) is 8.78 Å². The Labute approximate surface area is 63.2 Å². The molecule has 1 saturated carbocycles. The summed E-state index contributed by atoms with van der Waals surface area (Å²) >= 11 is 0. The second kappa shape index (κ2) is 3.15. The topological polar surface area (TPSA) is 37.3 Å². The van der Waals surface area contributed by atoms with E-state index in [1.165, 1.54) is 0 Å². The van der Waals surface area contributed by atoms with Gasteiger partial charge in [0.15, 0.2) is 0 Å². The van der Waals surface area contributed by atoms with Gasteiger partial charge in [0.1, 0.15) is 0 Å². The molecule has 0 saturated heterocycles. The van der Waals surface area contributed by atoms with E-state index in [0.717, 1.165) is 0 Å². The quantitative estimate of drug-likeness (QED) is 0.675. The van der Waals surface area contributed by atoms with Crippen molar-refractivity contribution >= 4 is 5.97 Å². The van der Waals surface area contributed by atoms with Crippen molar-refractivity contribution < 1.29 is 18.7 Å². The van der Waals surface area contributed by atoms with Gasteiger partial charge in [0.05, 0.1) is 5.92 Å². The number of carbonyl (C=O) groups is 1. The third-order valence-electron chi connectivity index (χ3n) is 2.21. The Hall–Kier alpha value is -0.670. The number of halogens is 2. The Morgan fingerprint density at radius 2 is 2.09 bits per heavy atom. The highest BCUT2D eigenvalue weighted by molar-refractivity contribution is 5.70. The van der Waals surface area contributed by atoms with Crippen molar-refractivity contribution in [2.45, 2.75) is 25.7 Å². The lowest BCUT2D eigenvalue weighted by Gasteiger charge is -2.13. The SMILES string of the molecule is O=C(O)[C@@H]1CCC[C@H]1C(F)F. The van der Waals surface area contributed by atoms with E-state index in [0.29, 0.717) is 19.3 Å². The lowest BCUT2D eigenvalue weighted by atomic mass is 9.97. The van der Waals surface area contributed by atoms with E-state index in [-0.39, 0.29) is 0 Å². The first-order valence-corrected chi connectivity index (χ1v) is 3.64. The fraction of sp³-hybridized carbons (Fsp3) is 0.857. The van der Waals surface area contributed by atoms with Gasteiger partial charge in [-0.05, 0) is 12.8 Å². The smallest absolute Gasteiger partial charge is 0.306 e. The number of hydrogen-bond acceptors (Lipinski definition) is 1. The molecule has 0 aliphatic heterocycles. The first-order chi connectivity index (χ1) is 5.13. The number of carboxylic acid groups (broad SMARTS) is 1. The molecule has 0 unspecified atom stereocenters. The third kappa shape index (κ3) is 1.67. The zero-order valence-corrected chi connectivity index (χ0v) is 5.96. The van der Waals surface area contributed by atoms with Crippen molar-refractivity contribution in [3.05, 3.63) is 0 Å². The van der Waals surface area contributed by atoms with Gasteiger partial charge in [0, 0.05) is 5.92 Å². The van der Waals surface area contributed by atoms with Crippen molar-refractivity contribution in [2.24, 2.45) is 11.8 Å². The van der Waals surface area contributed by atoms with Gasteiger partial charge >= 0.3 is 5.97 Å². The molecule has 11 heavy (non-hydrogen) atoms. The molecule has 1 aliphatic carbocycles. The molecule has 1 fully saturated rings. The summed E-state index contributed by atoms with van der Waals surface area (Å²) in [6, 6.07) is 0. The molecule has 0 bridgehead atoms. The van der Waals surface area contributed by atoms with Crippen LogP contribution in [0.3, 0.4) is 0 Å². The van der Waals surface area contributed by atoms with Crippen LogP contribution in [0.25, 0.3) is 0 Å². The zero-order valence-electron chi connectivity index (χ0n) is 5.96. The minimum Gasteiger partial charge on any atom is -0.481 e. The van der Waals surface area contributed by atoms with E-state index in [4.69, 9.17) is 5.11 Å². The first kappa shape index (κ1) is 8.43. The second-order valence-electron chi connectivity index (χ2n) is 2.87. The molecule has 1 aliphatic rings. The number of carboxylic acids is 1. The Balaban J connectivity index is 2.58. The Kier molecular flexibility index (Phi) is 2.42. The Morgan fingerprint density at radius 1 is 1.45 bits per heavy atom. The summed E-state index contributed by atoms with van der Waals surface area (Å²) in [4.78, 5) is 10.4. The van der Waals surface area contributed by atoms with E-state index in [2.05, 4.69) is 0 Å². The summed E-state index contributed by atoms with van der Waals surface area (Å²) in [7, 11) is 0. The molecule has 2 nitrogen and oxygen atoms in total. The van der Waals surface area contributed by atoms with E-state index in [1.54, 1.807) is 0 Å². The van der Waals surface area contributed by atoms with Gasteiger partial charge in [-0.1, -0.05) is 6.42 Å². The van der Waals surface area contributed by atoms with Gasteiger partial charge in [-0.2, -0.15) is 0 Å². The minimum atomic E-state index is -2.47. The highest BCUT2D eigenvalue weighted by Crippen LogP contribution is 2.35. The molecule has 0 heterocycles. The van der Waals surface area contributed by atoms with E-state index in [1.807, 2.05) is 0 Å². The first-order valence-electron chi connectivity index (χ1n) is 3.64.